The van der Waals surface area contributed by atoms with Gasteiger partial charge in [0, 0.05) is 12.1 Å². The number of fused-ring (bicyclic) bond motifs is 1. The smallest absolute Gasteiger partial charge is 0.244 e. The quantitative estimate of drug-likeness (QED) is 0.940. The first kappa shape index (κ1) is 14.5. The summed E-state index contributed by atoms with van der Waals surface area (Å²) in [6.45, 7) is 2.35. The summed E-state index contributed by atoms with van der Waals surface area (Å²) < 4.78 is 33.1. The number of nitrogens with zero attached hydrogens (tertiary/aromatic N) is 1. The summed E-state index contributed by atoms with van der Waals surface area (Å²) in [5, 5.41) is 0. The van der Waals surface area contributed by atoms with Gasteiger partial charge >= 0.3 is 0 Å². The largest absolute Gasteiger partial charge is 0.457 e. The highest BCUT2D eigenvalue weighted by atomic mass is 32.2. The minimum absolute atomic E-state index is 0.292. The van der Waals surface area contributed by atoms with Gasteiger partial charge in [-0.1, -0.05) is 17.7 Å². The Morgan fingerprint density at radius 3 is 2.48 bits per heavy atom. The van der Waals surface area contributed by atoms with Crippen LogP contribution in [-0.2, 0) is 10.0 Å². The summed E-state index contributed by atoms with van der Waals surface area (Å²) in [6, 6.07) is 13.4. The molecule has 0 saturated heterocycles. The second kappa shape index (κ2) is 5.25. The second-order valence-electron chi connectivity index (χ2n) is 6.05. The summed E-state index contributed by atoms with van der Waals surface area (Å²) in [5.74, 6) is 1.21. The van der Waals surface area contributed by atoms with Gasteiger partial charge in [-0.3, -0.25) is 0 Å². The molecule has 2 aromatic rings. The third-order valence-corrected chi connectivity index (χ3v) is 5.61. The number of ether oxygens (including phenoxy) is 1. The molecule has 0 unspecified atom stereocenters. The van der Waals surface area contributed by atoms with Gasteiger partial charge in [-0.05, 0) is 44.0 Å². The van der Waals surface area contributed by atoms with Crippen molar-refractivity contribution < 1.29 is 13.2 Å². The lowest BCUT2D eigenvalue weighted by atomic mass is 10.2. The van der Waals surface area contributed by atoms with Crippen LogP contribution in [0.5, 0.6) is 11.5 Å². The SMILES string of the molecule is Cc1ccc(Oc2ccc3c(c2)S(=O)(=O)NCN3C2CC2)cc1. The summed E-state index contributed by atoms with van der Waals surface area (Å²) >= 11 is 0. The Hall–Kier alpha value is -2.05. The van der Waals surface area contributed by atoms with E-state index in [0.717, 1.165) is 24.1 Å². The van der Waals surface area contributed by atoms with E-state index in [1.807, 2.05) is 43.3 Å². The number of nitrogens with one attached hydrogen (secondary N) is 1. The molecule has 0 atom stereocenters. The first-order valence-corrected chi connectivity index (χ1v) is 9.16. The predicted molar refractivity (Wildman–Crippen MR) is 88.4 cm³/mol. The first-order chi connectivity index (χ1) is 11.0. The molecule has 0 bridgehead atoms. The van der Waals surface area contributed by atoms with Crippen LogP contribution in [0, 0.1) is 6.92 Å². The highest BCUT2D eigenvalue weighted by Gasteiger charge is 2.36. The lowest BCUT2D eigenvalue weighted by Gasteiger charge is -2.31. The van der Waals surface area contributed by atoms with Crippen LogP contribution in [0.4, 0.5) is 5.69 Å². The van der Waals surface area contributed by atoms with E-state index in [4.69, 9.17) is 4.74 Å². The number of benzene rings is 2. The zero-order chi connectivity index (χ0) is 16.0. The lowest BCUT2D eigenvalue weighted by Crippen LogP contribution is -2.44. The molecule has 1 heterocycles. The molecule has 0 radical (unpaired) electrons. The molecule has 0 amide bonds. The molecule has 1 saturated carbocycles. The van der Waals surface area contributed by atoms with Gasteiger partial charge in [0.25, 0.3) is 0 Å². The maximum Gasteiger partial charge on any atom is 0.244 e. The van der Waals surface area contributed by atoms with Crippen molar-refractivity contribution in [3.05, 3.63) is 48.0 Å². The van der Waals surface area contributed by atoms with Crippen molar-refractivity contribution in [1.29, 1.82) is 0 Å². The third kappa shape index (κ3) is 2.80. The molecule has 6 heteroatoms. The van der Waals surface area contributed by atoms with Gasteiger partial charge in [0.1, 0.15) is 16.4 Å². The first-order valence-electron chi connectivity index (χ1n) is 7.68. The number of anilines is 1. The van der Waals surface area contributed by atoms with E-state index in [2.05, 4.69) is 9.62 Å². The Kier molecular flexibility index (Phi) is 3.32. The minimum Gasteiger partial charge on any atom is -0.457 e. The Labute approximate surface area is 135 Å². The van der Waals surface area contributed by atoms with Gasteiger partial charge in [-0.2, -0.15) is 4.72 Å². The monoisotopic (exact) mass is 330 g/mol. The molecule has 1 fully saturated rings. The van der Waals surface area contributed by atoms with E-state index in [1.54, 1.807) is 6.07 Å². The standard InChI is InChI=1S/C17H18N2O3S/c1-12-2-6-14(7-3-12)22-15-8-9-16-17(10-15)23(20,21)18-11-19(16)13-4-5-13/h2-3,6-10,13,18H,4-5,11H2,1H3. The molecular weight excluding hydrogens is 312 g/mol. The van der Waals surface area contributed by atoms with Gasteiger partial charge in [-0.25, -0.2) is 8.42 Å². The van der Waals surface area contributed by atoms with E-state index >= 15 is 0 Å². The lowest BCUT2D eigenvalue weighted by molar-refractivity contribution is 0.479. The number of hydrogen-bond donors (Lipinski definition) is 1. The van der Waals surface area contributed by atoms with Crippen LogP contribution in [0.1, 0.15) is 18.4 Å². The number of hydrogen-bond acceptors (Lipinski definition) is 4. The average Bonchev–Trinajstić information content (AvgIpc) is 3.35. The fourth-order valence-corrected chi connectivity index (χ4v) is 3.98. The zero-order valence-electron chi connectivity index (χ0n) is 12.8. The molecule has 5 nitrogen and oxygen atoms in total. The highest BCUT2D eigenvalue weighted by molar-refractivity contribution is 7.89. The van der Waals surface area contributed by atoms with Crippen LogP contribution in [0.15, 0.2) is 47.4 Å². The molecule has 2 aromatic carbocycles. The second-order valence-corrected chi connectivity index (χ2v) is 7.79. The summed E-state index contributed by atoms with van der Waals surface area (Å²) in [7, 11) is -3.47. The summed E-state index contributed by atoms with van der Waals surface area (Å²) in [4.78, 5) is 2.41. The number of aryl methyl sites for hydroxylation is 1. The van der Waals surface area contributed by atoms with Crippen molar-refractivity contribution in [1.82, 2.24) is 4.72 Å². The van der Waals surface area contributed by atoms with Crippen molar-refractivity contribution in [2.45, 2.75) is 30.7 Å². The van der Waals surface area contributed by atoms with E-state index in [-0.39, 0.29) is 0 Å². The Bertz CT molecular complexity index is 843. The Balaban J connectivity index is 1.69. The van der Waals surface area contributed by atoms with Crippen molar-refractivity contribution in [2.75, 3.05) is 11.6 Å². The molecule has 23 heavy (non-hydrogen) atoms. The molecule has 0 aromatic heterocycles. The fraction of sp³-hybridized carbons (Fsp3) is 0.294. The Morgan fingerprint density at radius 2 is 1.78 bits per heavy atom. The maximum absolute atomic E-state index is 12.3. The van der Waals surface area contributed by atoms with Gasteiger partial charge in [0.05, 0.1) is 12.4 Å². The molecule has 0 spiro atoms. The van der Waals surface area contributed by atoms with Gasteiger partial charge < -0.3 is 9.64 Å². The fourth-order valence-electron chi connectivity index (χ4n) is 2.78. The minimum atomic E-state index is -3.47. The van der Waals surface area contributed by atoms with Crippen LogP contribution < -0.4 is 14.4 Å². The highest BCUT2D eigenvalue weighted by Crippen LogP contribution is 2.39. The molecule has 1 aliphatic carbocycles. The molecule has 4 rings (SSSR count). The summed E-state index contributed by atoms with van der Waals surface area (Å²) in [6.07, 6.45) is 2.23. The van der Waals surface area contributed by atoms with Crippen LogP contribution in [0.25, 0.3) is 0 Å². The van der Waals surface area contributed by atoms with Crippen molar-refractivity contribution in [3.8, 4) is 11.5 Å². The molecular formula is C17H18N2O3S. The van der Waals surface area contributed by atoms with Crippen LogP contribution in [0.3, 0.4) is 0 Å². The predicted octanol–water partition coefficient (Wildman–Crippen LogP) is 3.01. The van der Waals surface area contributed by atoms with Crippen molar-refractivity contribution in [3.63, 3.8) is 0 Å². The maximum atomic E-state index is 12.3. The molecule has 1 N–H and O–H groups in total. The van der Waals surface area contributed by atoms with Crippen molar-refractivity contribution >= 4 is 15.7 Å². The van der Waals surface area contributed by atoms with E-state index < -0.39 is 10.0 Å². The topological polar surface area (TPSA) is 58.6 Å². The number of rotatable bonds is 3. The van der Waals surface area contributed by atoms with Gasteiger partial charge in [0.2, 0.25) is 10.0 Å². The molecule has 1 aliphatic heterocycles. The van der Waals surface area contributed by atoms with Crippen molar-refractivity contribution in [2.24, 2.45) is 0 Å². The Morgan fingerprint density at radius 1 is 1.09 bits per heavy atom. The van der Waals surface area contributed by atoms with Gasteiger partial charge in [0.15, 0.2) is 0 Å². The van der Waals surface area contributed by atoms with Gasteiger partial charge in [-0.15, -0.1) is 0 Å². The summed E-state index contributed by atoms with van der Waals surface area (Å²) in [5.41, 5.74) is 1.91. The number of sulfonamides is 1. The van der Waals surface area contributed by atoms with Crippen LogP contribution >= 0.6 is 0 Å². The van der Waals surface area contributed by atoms with E-state index in [9.17, 15) is 8.42 Å². The normalized spacial score (nSPS) is 19.3. The molecule has 120 valence electrons. The van der Waals surface area contributed by atoms with Crippen LogP contribution in [-0.4, -0.2) is 21.1 Å². The van der Waals surface area contributed by atoms with E-state index in [0.29, 0.717) is 29.1 Å². The van der Waals surface area contributed by atoms with Crippen LogP contribution in [0.2, 0.25) is 0 Å². The van der Waals surface area contributed by atoms with E-state index in [1.165, 1.54) is 0 Å². The zero-order valence-corrected chi connectivity index (χ0v) is 13.6. The average molecular weight is 330 g/mol. The third-order valence-electron chi connectivity index (χ3n) is 4.20. The molecule has 2 aliphatic rings.